The molecule has 0 aromatic carbocycles. The maximum Gasteiger partial charge on any atom is 0.326 e. The van der Waals surface area contributed by atoms with Gasteiger partial charge in [0, 0.05) is 6.61 Å². The molecule has 17 heavy (non-hydrogen) atoms. The van der Waals surface area contributed by atoms with E-state index >= 15 is 0 Å². The van der Waals surface area contributed by atoms with Gasteiger partial charge in [0.1, 0.15) is 6.04 Å². The molecule has 2 atom stereocenters. The predicted molar refractivity (Wildman–Crippen MR) is 59.7 cm³/mol. The first kappa shape index (κ1) is 12.2. The van der Waals surface area contributed by atoms with E-state index < -0.39 is 18.0 Å². The molecule has 0 aromatic heterocycles. The first-order valence-corrected chi connectivity index (χ1v) is 5.89. The summed E-state index contributed by atoms with van der Waals surface area (Å²) in [6, 6.07) is -1.18. The first-order chi connectivity index (χ1) is 8.00. The van der Waals surface area contributed by atoms with Gasteiger partial charge < -0.3 is 20.5 Å². The number of carbonyl (C=O) groups excluding carboxylic acids is 1. The number of urea groups is 1. The van der Waals surface area contributed by atoms with E-state index in [2.05, 4.69) is 10.6 Å². The van der Waals surface area contributed by atoms with Crippen LogP contribution in [0, 0.1) is 5.92 Å². The molecule has 0 bridgehead atoms. The van der Waals surface area contributed by atoms with E-state index in [1.54, 1.807) is 0 Å². The molecule has 1 aliphatic heterocycles. The van der Waals surface area contributed by atoms with E-state index in [0.29, 0.717) is 13.2 Å². The minimum Gasteiger partial charge on any atom is -0.480 e. The maximum absolute atomic E-state index is 11.7. The summed E-state index contributed by atoms with van der Waals surface area (Å²) in [6.45, 7) is 3.00. The normalized spacial score (nSPS) is 29.7. The molecule has 1 heterocycles. The molecule has 1 saturated carbocycles. The van der Waals surface area contributed by atoms with Crippen LogP contribution in [0.3, 0.4) is 0 Å². The molecule has 6 heteroatoms. The van der Waals surface area contributed by atoms with Gasteiger partial charge in [-0.3, -0.25) is 0 Å². The molecule has 1 saturated heterocycles. The van der Waals surface area contributed by atoms with Crippen molar-refractivity contribution < 1.29 is 19.4 Å². The van der Waals surface area contributed by atoms with Crippen LogP contribution in [-0.4, -0.2) is 41.9 Å². The second kappa shape index (κ2) is 4.52. The van der Waals surface area contributed by atoms with Crippen molar-refractivity contribution in [3.8, 4) is 0 Å². The van der Waals surface area contributed by atoms with Gasteiger partial charge in [0.25, 0.3) is 0 Å². The third kappa shape index (κ3) is 3.09. The fourth-order valence-corrected chi connectivity index (χ4v) is 2.03. The summed E-state index contributed by atoms with van der Waals surface area (Å²) in [4.78, 5) is 22.7. The maximum atomic E-state index is 11.7. The Labute approximate surface area is 99.7 Å². The van der Waals surface area contributed by atoms with Crippen molar-refractivity contribution in [3.05, 3.63) is 0 Å². The zero-order valence-electron chi connectivity index (χ0n) is 9.86. The summed E-state index contributed by atoms with van der Waals surface area (Å²) in [5.41, 5.74) is -0.378. The second-order valence-electron chi connectivity index (χ2n) is 5.12. The molecule has 3 N–H and O–H groups in total. The summed E-state index contributed by atoms with van der Waals surface area (Å²) in [7, 11) is 0. The molecule has 0 aromatic rings. The lowest BCUT2D eigenvalue weighted by Crippen LogP contribution is -2.54. The van der Waals surface area contributed by atoms with Crippen LogP contribution in [-0.2, 0) is 9.53 Å². The van der Waals surface area contributed by atoms with Gasteiger partial charge in [0.05, 0.1) is 12.1 Å². The molecule has 2 unspecified atom stereocenters. The molecule has 1 aliphatic carbocycles. The molecule has 0 radical (unpaired) electrons. The van der Waals surface area contributed by atoms with Crippen molar-refractivity contribution in [2.24, 2.45) is 5.92 Å². The van der Waals surface area contributed by atoms with Crippen molar-refractivity contribution in [1.82, 2.24) is 10.6 Å². The molecule has 96 valence electrons. The zero-order chi connectivity index (χ0) is 12.5. The van der Waals surface area contributed by atoms with E-state index in [1.165, 1.54) is 0 Å². The number of nitrogens with one attached hydrogen (secondary N) is 2. The van der Waals surface area contributed by atoms with Crippen LogP contribution in [0.25, 0.3) is 0 Å². The van der Waals surface area contributed by atoms with E-state index in [-0.39, 0.29) is 11.5 Å². The minimum absolute atomic E-state index is 0.0888. The average molecular weight is 242 g/mol. The number of hydrogen-bond donors (Lipinski definition) is 3. The standard InChI is InChI=1S/C11H18N2O4/c1-11(4-5-17-6-11)13-10(16)12-8(9(14)15)7-2-3-7/h7-8H,2-6H2,1H3,(H,14,15)(H2,12,13,16). The Balaban J connectivity index is 1.85. The highest BCUT2D eigenvalue weighted by Crippen LogP contribution is 2.32. The molecule has 6 nitrogen and oxygen atoms in total. The van der Waals surface area contributed by atoms with Gasteiger partial charge in [-0.15, -0.1) is 0 Å². The minimum atomic E-state index is -0.963. The molecule has 2 fully saturated rings. The van der Waals surface area contributed by atoms with Gasteiger partial charge >= 0.3 is 12.0 Å². The van der Waals surface area contributed by atoms with Crippen molar-refractivity contribution >= 4 is 12.0 Å². The molecular weight excluding hydrogens is 224 g/mol. The summed E-state index contributed by atoms with van der Waals surface area (Å²) < 4.78 is 5.21. The van der Waals surface area contributed by atoms with Gasteiger partial charge in [-0.1, -0.05) is 0 Å². The van der Waals surface area contributed by atoms with E-state index in [9.17, 15) is 9.59 Å². The second-order valence-corrected chi connectivity index (χ2v) is 5.12. The van der Waals surface area contributed by atoms with Gasteiger partial charge in [-0.05, 0) is 32.1 Å². The Morgan fingerprint density at radius 1 is 1.47 bits per heavy atom. The fraction of sp³-hybridized carbons (Fsp3) is 0.818. The molecule has 2 rings (SSSR count). The zero-order valence-corrected chi connectivity index (χ0v) is 9.86. The van der Waals surface area contributed by atoms with Crippen LogP contribution in [0.4, 0.5) is 4.79 Å². The summed E-state index contributed by atoms with van der Waals surface area (Å²) >= 11 is 0. The largest absolute Gasteiger partial charge is 0.480 e. The lowest BCUT2D eigenvalue weighted by Gasteiger charge is -2.25. The van der Waals surface area contributed by atoms with Crippen LogP contribution in [0.15, 0.2) is 0 Å². The number of carbonyl (C=O) groups is 2. The van der Waals surface area contributed by atoms with Crippen LogP contribution >= 0.6 is 0 Å². The highest BCUT2D eigenvalue weighted by atomic mass is 16.5. The van der Waals surface area contributed by atoms with Gasteiger partial charge in [-0.2, -0.15) is 0 Å². The topological polar surface area (TPSA) is 87.7 Å². The van der Waals surface area contributed by atoms with Crippen molar-refractivity contribution in [3.63, 3.8) is 0 Å². The first-order valence-electron chi connectivity index (χ1n) is 5.89. The van der Waals surface area contributed by atoms with Crippen LogP contribution in [0.1, 0.15) is 26.2 Å². The van der Waals surface area contributed by atoms with Gasteiger partial charge in [0.15, 0.2) is 0 Å². The Morgan fingerprint density at radius 2 is 2.18 bits per heavy atom. The summed E-state index contributed by atoms with van der Waals surface area (Å²) in [5.74, 6) is -0.874. The van der Waals surface area contributed by atoms with Crippen LogP contribution in [0.2, 0.25) is 0 Å². The van der Waals surface area contributed by atoms with E-state index in [4.69, 9.17) is 9.84 Å². The highest BCUT2D eigenvalue weighted by Gasteiger charge is 2.38. The number of hydrogen-bond acceptors (Lipinski definition) is 3. The van der Waals surface area contributed by atoms with Gasteiger partial charge in [0.2, 0.25) is 0 Å². The third-order valence-electron chi connectivity index (χ3n) is 3.28. The Hall–Kier alpha value is -1.30. The van der Waals surface area contributed by atoms with Crippen LogP contribution < -0.4 is 10.6 Å². The molecular formula is C11H18N2O4. The van der Waals surface area contributed by atoms with Gasteiger partial charge in [-0.25, -0.2) is 9.59 Å². The monoisotopic (exact) mass is 242 g/mol. The summed E-state index contributed by atoms with van der Waals surface area (Å²) in [5, 5.41) is 14.3. The summed E-state index contributed by atoms with van der Waals surface area (Å²) in [6.07, 6.45) is 2.50. The quantitative estimate of drug-likeness (QED) is 0.663. The average Bonchev–Trinajstić information content (AvgIpc) is 2.98. The molecule has 2 aliphatic rings. The lowest BCUT2D eigenvalue weighted by molar-refractivity contribution is -0.139. The number of amides is 2. The Morgan fingerprint density at radius 3 is 2.65 bits per heavy atom. The van der Waals surface area contributed by atoms with E-state index in [1.807, 2.05) is 6.92 Å². The predicted octanol–water partition coefficient (Wildman–Crippen LogP) is 0.328. The smallest absolute Gasteiger partial charge is 0.326 e. The van der Waals surface area contributed by atoms with Crippen LogP contribution in [0.5, 0.6) is 0 Å². The number of aliphatic carboxylic acids is 1. The Bertz CT molecular complexity index is 321. The number of carboxylic acid groups (broad SMARTS) is 1. The number of ether oxygens (including phenoxy) is 1. The van der Waals surface area contributed by atoms with Crippen molar-refractivity contribution in [1.29, 1.82) is 0 Å². The molecule has 2 amide bonds. The van der Waals surface area contributed by atoms with E-state index in [0.717, 1.165) is 19.3 Å². The Kier molecular flexibility index (Phi) is 3.24. The SMILES string of the molecule is CC1(NC(=O)NC(C(=O)O)C2CC2)CCOC1. The fourth-order valence-electron chi connectivity index (χ4n) is 2.03. The van der Waals surface area contributed by atoms with Crippen molar-refractivity contribution in [2.75, 3.05) is 13.2 Å². The number of rotatable bonds is 4. The number of carboxylic acids is 1. The highest BCUT2D eigenvalue weighted by molar-refractivity contribution is 5.83. The molecule has 0 spiro atoms. The van der Waals surface area contributed by atoms with Crippen molar-refractivity contribution in [2.45, 2.75) is 37.8 Å². The lowest BCUT2D eigenvalue weighted by atomic mass is 10.0. The third-order valence-corrected chi connectivity index (χ3v) is 3.28.